The van der Waals surface area contributed by atoms with Crippen molar-refractivity contribution in [3.63, 3.8) is 0 Å². The summed E-state index contributed by atoms with van der Waals surface area (Å²) >= 11 is 5.63. The van der Waals surface area contributed by atoms with Gasteiger partial charge < -0.3 is 4.98 Å². The Morgan fingerprint density at radius 2 is 2.00 bits per heavy atom. The Hall–Kier alpha value is -2.39. The molecule has 10 heteroatoms. The lowest BCUT2D eigenvalue weighted by molar-refractivity contribution is -0.384. The molecule has 21 heavy (non-hydrogen) atoms. The lowest BCUT2D eigenvalue weighted by Crippen LogP contribution is -2.20. The number of nitrogens with one attached hydrogen (secondary N) is 2. The fraction of sp³-hybridized carbons (Fsp3) is 0. The van der Waals surface area contributed by atoms with Crippen molar-refractivity contribution in [1.82, 2.24) is 4.98 Å². The van der Waals surface area contributed by atoms with E-state index in [0.717, 1.165) is 18.3 Å². The second kappa shape index (κ2) is 5.54. The molecule has 0 aliphatic heterocycles. The van der Waals surface area contributed by atoms with Crippen molar-refractivity contribution in [2.24, 2.45) is 0 Å². The molecule has 0 radical (unpaired) electrons. The summed E-state index contributed by atoms with van der Waals surface area (Å²) in [7, 11) is -4.16. The van der Waals surface area contributed by atoms with Crippen molar-refractivity contribution in [3.8, 4) is 0 Å². The summed E-state index contributed by atoms with van der Waals surface area (Å²) in [6.07, 6.45) is 2.31. The van der Waals surface area contributed by atoms with Gasteiger partial charge in [-0.2, -0.15) is 0 Å². The van der Waals surface area contributed by atoms with Gasteiger partial charge in [-0.15, -0.1) is 0 Å². The number of aromatic nitrogens is 1. The first kappa shape index (κ1) is 15.0. The lowest BCUT2D eigenvalue weighted by Gasteiger charge is -2.07. The highest BCUT2D eigenvalue weighted by Crippen LogP contribution is 2.28. The van der Waals surface area contributed by atoms with Crippen LogP contribution in [0, 0.1) is 10.1 Å². The molecule has 2 N–H and O–H groups in total. The molecule has 110 valence electrons. The van der Waals surface area contributed by atoms with E-state index in [1.165, 1.54) is 18.3 Å². The summed E-state index contributed by atoms with van der Waals surface area (Å²) in [5.41, 5.74) is -1.22. The van der Waals surface area contributed by atoms with Crippen LogP contribution >= 0.6 is 11.6 Å². The van der Waals surface area contributed by atoms with Gasteiger partial charge in [0.1, 0.15) is 5.02 Å². The smallest absolute Gasteiger partial charge is 0.289 e. The zero-order valence-corrected chi connectivity index (χ0v) is 11.8. The Balaban J connectivity index is 2.43. The van der Waals surface area contributed by atoms with Crippen LogP contribution < -0.4 is 10.2 Å². The normalized spacial score (nSPS) is 11.1. The van der Waals surface area contributed by atoms with Gasteiger partial charge >= 0.3 is 0 Å². The van der Waals surface area contributed by atoms with Crippen LogP contribution in [0.4, 0.5) is 11.4 Å². The van der Waals surface area contributed by atoms with Crippen molar-refractivity contribution < 1.29 is 13.3 Å². The largest absolute Gasteiger partial charge is 0.366 e. The van der Waals surface area contributed by atoms with Crippen LogP contribution in [-0.4, -0.2) is 18.3 Å². The van der Waals surface area contributed by atoms with Crippen LogP contribution in [0.15, 0.2) is 46.3 Å². The first-order valence-electron chi connectivity index (χ1n) is 5.45. The molecule has 0 fully saturated rings. The van der Waals surface area contributed by atoms with Crippen molar-refractivity contribution in [3.05, 3.63) is 62.0 Å². The van der Waals surface area contributed by atoms with Crippen molar-refractivity contribution in [2.45, 2.75) is 4.90 Å². The Morgan fingerprint density at radius 3 is 2.62 bits per heavy atom. The predicted octanol–water partition coefficient (Wildman–Crippen LogP) is 1.74. The summed E-state index contributed by atoms with van der Waals surface area (Å²) < 4.78 is 26.2. The van der Waals surface area contributed by atoms with Crippen LogP contribution in [0.25, 0.3) is 0 Å². The number of sulfonamides is 1. The molecule has 1 aromatic carbocycles. The molecule has 2 rings (SSSR count). The number of rotatable bonds is 4. The zero-order chi connectivity index (χ0) is 15.6. The van der Waals surface area contributed by atoms with E-state index in [1.807, 2.05) is 0 Å². The Labute approximate surface area is 123 Å². The van der Waals surface area contributed by atoms with Gasteiger partial charge in [-0.3, -0.25) is 19.6 Å². The van der Waals surface area contributed by atoms with Gasteiger partial charge in [0.05, 0.1) is 10.6 Å². The van der Waals surface area contributed by atoms with E-state index in [1.54, 1.807) is 0 Å². The molecule has 1 aromatic heterocycles. The average molecular weight is 330 g/mol. The van der Waals surface area contributed by atoms with Gasteiger partial charge in [-0.05, 0) is 12.1 Å². The lowest BCUT2D eigenvalue weighted by atomic mass is 10.3. The molecule has 0 spiro atoms. The third-order valence-corrected chi connectivity index (χ3v) is 4.19. The van der Waals surface area contributed by atoms with Crippen LogP contribution in [0.5, 0.6) is 0 Å². The summed E-state index contributed by atoms with van der Waals surface area (Å²) in [6, 6.07) is 4.46. The van der Waals surface area contributed by atoms with E-state index in [2.05, 4.69) is 9.71 Å². The number of aromatic amines is 1. The monoisotopic (exact) mass is 329 g/mol. The van der Waals surface area contributed by atoms with Crippen LogP contribution in [-0.2, 0) is 10.0 Å². The van der Waals surface area contributed by atoms with E-state index in [-0.39, 0.29) is 10.7 Å². The Kier molecular flexibility index (Phi) is 3.96. The van der Waals surface area contributed by atoms with Crippen LogP contribution in [0.2, 0.25) is 5.02 Å². The second-order valence-corrected chi connectivity index (χ2v) is 5.96. The van der Waals surface area contributed by atoms with Crippen molar-refractivity contribution in [2.75, 3.05) is 4.72 Å². The molecule has 0 aliphatic carbocycles. The average Bonchev–Trinajstić information content (AvgIpc) is 2.40. The number of hydrogen-bond acceptors (Lipinski definition) is 5. The van der Waals surface area contributed by atoms with Gasteiger partial charge in [0.15, 0.2) is 4.90 Å². The summed E-state index contributed by atoms with van der Waals surface area (Å²) in [4.78, 5) is 23.5. The number of halogens is 1. The number of nitro benzene ring substituents is 1. The number of nitro groups is 1. The maximum absolute atomic E-state index is 12.1. The molecule has 1 heterocycles. The summed E-state index contributed by atoms with van der Waals surface area (Å²) in [6.45, 7) is 0. The quantitative estimate of drug-likeness (QED) is 0.653. The number of pyridine rings is 1. The van der Waals surface area contributed by atoms with E-state index < -0.39 is 31.0 Å². The maximum Gasteiger partial charge on any atom is 0.289 e. The van der Waals surface area contributed by atoms with E-state index >= 15 is 0 Å². The minimum Gasteiger partial charge on any atom is -0.366 e. The first-order valence-corrected chi connectivity index (χ1v) is 7.31. The molecule has 8 nitrogen and oxygen atoms in total. The molecule has 0 unspecified atom stereocenters. The number of hydrogen-bond donors (Lipinski definition) is 2. The fourth-order valence-corrected chi connectivity index (χ4v) is 2.83. The number of H-pyrrole nitrogens is 1. The zero-order valence-electron chi connectivity index (χ0n) is 10.2. The predicted molar refractivity (Wildman–Crippen MR) is 76.0 cm³/mol. The highest BCUT2D eigenvalue weighted by molar-refractivity contribution is 7.92. The molecule has 0 saturated heterocycles. The third-order valence-electron chi connectivity index (χ3n) is 2.47. The minimum absolute atomic E-state index is 0.0747. The van der Waals surface area contributed by atoms with Crippen molar-refractivity contribution >= 4 is 33.0 Å². The van der Waals surface area contributed by atoms with Gasteiger partial charge in [-0.25, -0.2) is 8.42 Å². The summed E-state index contributed by atoms with van der Waals surface area (Å²) in [5.74, 6) is 0. The highest BCUT2D eigenvalue weighted by Gasteiger charge is 2.20. The molecule has 0 atom stereocenters. The van der Waals surface area contributed by atoms with E-state index in [9.17, 15) is 23.3 Å². The standard InChI is InChI=1S/C11H8ClN3O5S/c12-8-2-1-7(5-9(8)15(17)18)14-21(19,20)11-6-13-4-3-10(11)16/h1-6,14H,(H,13,16). The molecule has 0 bridgehead atoms. The fourth-order valence-electron chi connectivity index (χ4n) is 1.54. The maximum atomic E-state index is 12.1. The SMILES string of the molecule is O=c1cc[nH]cc1S(=O)(=O)Nc1ccc(Cl)c([N+](=O)[O-])c1. The minimum atomic E-state index is -4.16. The number of nitrogens with zero attached hydrogens (tertiary/aromatic N) is 1. The van der Waals surface area contributed by atoms with Crippen LogP contribution in [0.3, 0.4) is 0 Å². The van der Waals surface area contributed by atoms with Crippen LogP contribution in [0.1, 0.15) is 0 Å². The second-order valence-electron chi connectivity index (χ2n) is 3.90. The van der Waals surface area contributed by atoms with Gasteiger partial charge in [0, 0.05) is 24.5 Å². The Morgan fingerprint density at radius 1 is 1.29 bits per heavy atom. The first-order chi connectivity index (χ1) is 9.81. The highest BCUT2D eigenvalue weighted by atomic mass is 35.5. The molecular formula is C11H8ClN3O5S. The van der Waals surface area contributed by atoms with E-state index in [4.69, 9.17) is 11.6 Å². The molecule has 0 aliphatic rings. The molecular weight excluding hydrogens is 322 g/mol. The number of benzene rings is 1. The third kappa shape index (κ3) is 3.20. The topological polar surface area (TPSA) is 122 Å². The number of anilines is 1. The van der Waals surface area contributed by atoms with Gasteiger partial charge in [0.25, 0.3) is 15.7 Å². The molecule has 0 saturated carbocycles. The molecule has 2 aromatic rings. The Bertz CT molecular complexity index is 862. The van der Waals surface area contributed by atoms with Gasteiger partial charge in [0.2, 0.25) is 5.43 Å². The van der Waals surface area contributed by atoms with Crippen molar-refractivity contribution in [1.29, 1.82) is 0 Å². The van der Waals surface area contributed by atoms with Gasteiger partial charge in [-0.1, -0.05) is 11.6 Å². The summed E-state index contributed by atoms with van der Waals surface area (Å²) in [5, 5.41) is 10.6. The van der Waals surface area contributed by atoms with E-state index in [0.29, 0.717) is 0 Å². The molecule has 0 amide bonds.